The van der Waals surface area contributed by atoms with Crippen LogP contribution in [0.3, 0.4) is 0 Å². The average molecular weight is 311 g/mol. The van der Waals surface area contributed by atoms with Crippen LogP contribution in [0.5, 0.6) is 0 Å². The number of carbonyl (C=O) groups is 1. The molecule has 1 unspecified atom stereocenters. The highest BCUT2D eigenvalue weighted by Crippen LogP contribution is 2.39. The molecule has 1 saturated carbocycles. The van der Waals surface area contributed by atoms with E-state index in [1.165, 1.54) is 0 Å². The highest BCUT2D eigenvalue weighted by atomic mass is 19.4. The van der Waals surface area contributed by atoms with Gasteiger partial charge in [-0.05, 0) is 19.3 Å². The summed E-state index contributed by atoms with van der Waals surface area (Å²) in [5, 5.41) is 24.5. The zero-order chi connectivity index (χ0) is 16.2. The van der Waals surface area contributed by atoms with E-state index in [9.17, 15) is 18.3 Å². The van der Waals surface area contributed by atoms with E-state index in [-0.39, 0.29) is 11.9 Å². The number of nitrogens with zero attached hydrogens (tertiary/aromatic N) is 2. The van der Waals surface area contributed by atoms with E-state index >= 15 is 0 Å². The van der Waals surface area contributed by atoms with Gasteiger partial charge in [0.1, 0.15) is 6.10 Å². The standard InChI is InChI=1S/C9H15N3O2.C2HF3O2/c1-2-6(10)7(13)9-12-11-8(14-9)5-3-4-5;3-2(4,5)1(6)7/h5-7,13H,2-4,10H2,1H3;(H,6,7)/t6?,7-;/m0./s1. The molecular formula is C11H16F3N3O4. The highest BCUT2D eigenvalue weighted by Gasteiger charge is 2.38. The summed E-state index contributed by atoms with van der Waals surface area (Å²) in [6.45, 7) is 1.91. The molecule has 4 N–H and O–H groups in total. The van der Waals surface area contributed by atoms with Crippen LogP contribution < -0.4 is 5.73 Å². The number of hydrogen-bond donors (Lipinski definition) is 3. The van der Waals surface area contributed by atoms with Gasteiger partial charge in [0.2, 0.25) is 11.8 Å². The predicted octanol–water partition coefficient (Wildman–Crippen LogP) is 1.35. The third-order valence-electron chi connectivity index (χ3n) is 2.76. The number of aromatic nitrogens is 2. The van der Waals surface area contributed by atoms with Crippen LogP contribution in [0.1, 0.15) is 50.0 Å². The first-order valence-corrected chi connectivity index (χ1v) is 6.23. The van der Waals surface area contributed by atoms with Gasteiger partial charge in [-0.3, -0.25) is 0 Å². The van der Waals surface area contributed by atoms with E-state index < -0.39 is 18.2 Å². The summed E-state index contributed by atoms with van der Waals surface area (Å²) in [6, 6.07) is -0.331. The summed E-state index contributed by atoms with van der Waals surface area (Å²) >= 11 is 0. The first-order chi connectivity index (χ1) is 9.66. The van der Waals surface area contributed by atoms with Crippen LogP contribution in [0.2, 0.25) is 0 Å². The fourth-order valence-electron chi connectivity index (χ4n) is 1.27. The molecule has 1 aliphatic rings. The van der Waals surface area contributed by atoms with Crippen LogP contribution in [0.25, 0.3) is 0 Å². The minimum absolute atomic E-state index is 0.251. The molecule has 0 aromatic carbocycles. The second kappa shape index (κ2) is 6.85. The van der Waals surface area contributed by atoms with E-state index in [2.05, 4.69) is 10.2 Å². The summed E-state index contributed by atoms with van der Waals surface area (Å²) in [5.41, 5.74) is 5.67. The number of rotatable bonds is 4. The van der Waals surface area contributed by atoms with Crippen molar-refractivity contribution in [1.82, 2.24) is 10.2 Å². The molecule has 0 radical (unpaired) electrons. The lowest BCUT2D eigenvalue weighted by molar-refractivity contribution is -0.192. The van der Waals surface area contributed by atoms with Gasteiger partial charge in [-0.2, -0.15) is 13.2 Å². The molecule has 0 amide bonds. The summed E-state index contributed by atoms with van der Waals surface area (Å²) in [5.74, 6) is -1.45. The maximum Gasteiger partial charge on any atom is 0.490 e. The second-order valence-corrected chi connectivity index (χ2v) is 4.57. The molecule has 0 bridgehead atoms. The molecule has 1 aromatic rings. The number of carboxylic acids is 1. The Bertz CT molecular complexity index is 474. The van der Waals surface area contributed by atoms with Gasteiger partial charge in [-0.1, -0.05) is 6.92 Å². The van der Waals surface area contributed by atoms with Crippen molar-refractivity contribution in [2.24, 2.45) is 5.73 Å². The quantitative estimate of drug-likeness (QED) is 0.767. The molecule has 2 atom stereocenters. The minimum Gasteiger partial charge on any atom is -0.475 e. The zero-order valence-corrected chi connectivity index (χ0v) is 11.2. The monoisotopic (exact) mass is 311 g/mol. The fourth-order valence-corrected chi connectivity index (χ4v) is 1.27. The molecule has 1 aliphatic carbocycles. The molecule has 0 aliphatic heterocycles. The zero-order valence-electron chi connectivity index (χ0n) is 11.2. The molecule has 1 fully saturated rings. The van der Waals surface area contributed by atoms with E-state index in [1.54, 1.807) is 0 Å². The van der Waals surface area contributed by atoms with Crippen molar-refractivity contribution in [2.75, 3.05) is 0 Å². The van der Waals surface area contributed by atoms with Crippen molar-refractivity contribution >= 4 is 5.97 Å². The topological polar surface area (TPSA) is 122 Å². The number of halogens is 3. The van der Waals surface area contributed by atoms with Crippen LogP contribution >= 0.6 is 0 Å². The summed E-state index contributed by atoms with van der Waals surface area (Å²) in [4.78, 5) is 8.90. The predicted molar refractivity (Wildman–Crippen MR) is 63.2 cm³/mol. The smallest absolute Gasteiger partial charge is 0.475 e. The number of hydrogen-bond acceptors (Lipinski definition) is 6. The number of aliphatic hydroxyl groups excluding tert-OH is 1. The van der Waals surface area contributed by atoms with Gasteiger partial charge < -0.3 is 20.4 Å². The highest BCUT2D eigenvalue weighted by molar-refractivity contribution is 5.73. The van der Waals surface area contributed by atoms with Crippen molar-refractivity contribution in [3.8, 4) is 0 Å². The molecule has 120 valence electrons. The normalized spacial score (nSPS) is 17.6. The van der Waals surface area contributed by atoms with Crippen molar-refractivity contribution in [2.45, 2.75) is 50.4 Å². The lowest BCUT2D eigenvalue weighted by atomic mass is 10.1. The Morgan fingerprint density at radius 1 is 1.48 bits per heavy atom. The first-order valence-electron chi connectivity index (χ1n) is 6.23. The van der Waals surface area contributed by atoms with Gasteiger partial charge in [0.15, 0.2) is 0 Å². The number of nitrogens with two attached hydrogens (primary N) is 1. The molecule has 0 spiro atoms. The second-order valence-electron chi connectivity index (χ2n) is 4.57. The molecule has 0 saturated heterocycles. The number of aliphatic hydroxyl groups is 1. The van der Waals surface area contributed by atoms with Crippen LogP contribution in [-0.4, -0.2) is 38.6 Å². The maximum absolute atomic E-state index is 10.6. The number of aliphatic carboxylic acids is 1. The Balaban J connectivity index is 0.000000270. The van der Waals surface area contributed by atoms with E-state index in [1.807, 2.05) is 6.92 Å². The molecule has 10 heteroatoms. The molecule has 1 aromatic heterocycles. The van der Waals surface area contributed by atoms with Gasteiger partial charge in [0.05, 0.1) is 0 Å². The van der Waals surface area contributed by atoms with Crippen LogP contribution in [0.4, 0.5) is 13.2 Å². The minimum atomic E-state index is -5.08. The van der Waals surface area contributed by atoms with Gasteiger partial charge in [-0.25, -0.2) is 4.79 Å². The Hall–Kier alpha value is -1.68. The summed E-state index contributed by atoms with van der Waals surface area (Å²) in [7, 11) is 0. The Morgan fingerprint density at radius 2 is 2.00 bits per heavy atom. The largest absolute Gasteiger partial charge is 0.490 e. The van der Waals surface area contributed by atoms with Crippen LogP contribution in [0.15, 0.2) is 4.42 Å². The molecule has 7 nitrogen and oxygen atoms in total. The average Bonchev–Trinajstić information content (AvgIpc) is 3.14. The van der Waals surface area contributed by atoms with Gasteiger partial charge >= 0.3 is 12.1 Å². The van der Waals surface area contributed by atoms with Crippen LogP contribution in [-0.2, 0) is 4.79 Å². The fraction of sp³-hybridized carbons (Fsp3) is 0.727. The van der Waals surface area contributed by atoms with Crippen molar-refractivity contribution in [1.29, 1.82) is 0 Å². The van der Waals surface area contributed by atoms with Crippen molar-refractivity contribution in [3.63, 3.8) is 0 Å². The third kappa shape index (κ3) is 5.31. The SMILES string of the molecule is CCC(N)[C@H](O)c1nnc(C2CC2)o1.O=C(O)C(F)(F)F. The molecular weight excluding hydrogens is 295 g/mol. The Morgan fingerprint density at radius 3 is 2.38 bits per heavy atom. The van der Waals surface area contributed by atoms with Crippen molar-refractivity contribution < 1.29 is 32.6 Å². The Labute approximate surface area is 118 Å². The lowest BCUT2D eigenvalue weighted by Gasteiger charge is -2.12. The van der Waals surface area contributed by atoms with E-state index in [0.717, 1.165) is 12.8 Å². The third-order valence-corrected chi connectivity index (χ3v) is 2.76. The number of alkyl halides is 3. The van der Waals surface area contributed by atoms with Gasteiger partial charge in [0.25, 0.3) is 0 Å². The molecule has 21 heavy (non-hydrogen) atoms. The van der Waals surface area contributed by atoms with Gasteiger partial charge in [0, 0.05) is 12.0 Å². The molecule has 1 heterocycles. The lowest BCUT2D eigenvalue weighted by Crippen LogP contribution is -2.27. The van der Waals surface area contributed by atoms with E-state index in [0.29, 0.717) is 18.2 Å². The first kappa shape index (κ1) is 17.4. The summed E-state index contributed by atoms with van der Waals surface area (Å²) < 4.78 is 37.1. The van der Waals surface area contributed by atoms with Crippen LogP contribution in [0, 0.1) is 0 Å². The van der Waals surface area contributed by atoms with Gasteiger partial charge in [-0.15, -0.1) is 10.2 Å². The Kier molecular flexibility index (Phi) is 5.67. The van der Waals surface area contributed by atoms with E-state index in [4.69, 9.17) is 20.1 Å². The summed E-state index contributed by atoms with van der Waals surface area (Å²) in [6.07, 6.45) is -3.02. The van der Waals surface area contributed by atoms with Crippen molar-refractivity contribution in [3.05, 3.63) is 11.8 Å². The maximum atomic E-state index is 10.6. The molecule has 2 rings (SSSR count). The number of carboxylic acid groups (broad SMARTS) is 1.